The predicted molar refractivity (Wildman–Crippen MR) is 40.7 cm³/mol. The average Bonchev–Trinajstić information content (AvgIpc) is 2.51. The molecule has 0 aromatic carbocycles. The second-order valence-electron chi connectivity index (χ2n) is 2.45. The summed E-state index contributed by atoms with van der Waals surface area (Å²) in [5.74, 6) is 0.231. The van der Waals surface area contributed by atoms with Crippen LogP contribution in [-0.2, 0) is 4.74 Å². The maximum atomic E-state index is 12.5. The fourth-order valence-corrected chi connectivity index (χ4v) is 1.08. The monoisotopic (exact) mass is 183 g/mol. The van der Waals surface area contributed by atoms with Gasteiger partial charge in [-0.05, 0) is 6.07 Å². The van der Waals surface area contributed by atoms with Crippen LogP contribution in [0.3, 0.4) is 0 Å². The van der Waals surface area contributed by atoms with Gasteiger partial charge in [-0.3, -0.25) is 4.90 Å². The van der Waals surface area contributed by atoms with Gasteiger partial charge in [0.25, 0.3) is 0 Å². The summed E-state index contributed by atoms with van der Waals surface area (Å²) in [6.45, 7) is 0.708. The lowest BCUT2D eigenvalue weighted by Crippen LogP contribution is -2.24. The van der Waals surface area contributed by atoms with Gasteiger partial charge in [0.05, 0.1) is 6.54 Å². The number of aromatic nitrogens is 2. The highest BCUT2D eigenvalue weighted by molar-refractivity contribution is 5.87. The summed E-state index contributed by atoms with van der Waals surface area (Å²) in [6, 6.07) is 1.45. The Bertz CT molecular complexity index is 344. The maximum absolute atomic E-state index is 12.5. The molecule has 6 heteroatoms. The van der Waals surface area contributed by atoms with E-state index in [0.29, 0.717) is 13.2 Å². The Labute approximate surface area is 73.2 Å². The number of carbonyl (C=O) groups is 1. The van der Waals surface area contributed by atoms with Crippen molar-refractivity contribution in [2.24, 2.45) is 0 Å². The minimum atomic E-state index is -0.850. The van der Waals surface area contributed by atoms with Gasteiger partial charge in [-0.1, -0.05) is 0 Å². The number of hydrogen-bond acceptors (Lipinski definition) is 4. The summed E-state index contributed by atoms with van der Waals surface area (Å²) < 4.78 is 17.2. The third-order valence-corrected chi connectivity index (χ3v) is 1.65. The van der Waals surface area contributed by atoms with Crippen LogP contribution in [0, 0.1) is 6.08 Å². The van der Waals surface area contributed by atoms with E-state index in [1.807, 2.05) is 0 Å². The fraction of sp³-hybridized carbons (Fsp3) is 0.286. The van der Waals surface area contributed by atoms with Crippen molar-refractivity contribution in [2.45, 2.75) is 0 Å². The summed E-state index contributed by atoms with van der Waals surface area (Å²) in [4.78, 5) is 19.0. The second kappa shape index (κ2) is 2.96. The number of carbonyl (C=O) groups excluding carboxylic acids is 1. The van der Waals surface area contributed by atoms with Gasteiger partial charge in [0.1, 0.15) is 12.4 Å². The molecule has 1 aliphatic heterocycles. The molecule has 1 aromatic heterocycles. The number of halogens is 1. The van der Waals surface area contributed by atoms with Gasteiger partial charge in [-0.2, -0.15) is 9.37 Å². The Kier molecular flexibility index (Phi) is 1.80. The lowest BCUT2D eigenvalue weighted by molar-refractivity contribution is 0.181. The number of hydrogen-bond donors (Lipinski definition) is 0. The van der Waals surface area contributed by atoms with Crippen LogP contribution in [0.5, 0.6) is 0 Å². The Hall–Kier alpha value is -1.72. The highest BCUT2D eigenvalue weighted by atomic mass is 19.1. The van der Waals surface area contributed by atoms with Crippen LogP contribution in [-0.4, -0.2) is 29.2 Å². The third-order valence-electron chi connectivity index (χ3n) is 1.65. The van der Waals surface area contributed by atoms with Crippen LogP contribution in [0.4, 0.5) is 15.0 Å². The number of rotatable bonds is 1. The molecule has 0 bridgehead atoms. The Balaban J connectivity index is 2.29. The number of cyclic esters (lactones) is 1. The lowest BCUT2D eigenvalue weighted by Gasteiger charge is -2.09. The van der Waals surface area contributed by atoms with Gasteiger partial charge in [-0.25, -0.2) is 9.78 Å². The van der Waals surface area contributed by atoms with Crippen molar-refractivity contribution in [1.29, 1.82) is 0 Å². The molecule has 5 nitrogen and oxygen atoms in total. The van der Waals surface area contributed by atoms with E-state index < -0.39 is 12.2 Å². The van der Waals surface area contributed by atoms with Gasteiger partial charge in [0.15, 0.2) is 0 Å². The average molecular weight is 183 g/mol. The van der Waals surface area contributed by atoms with Gasteiger partial charge in [0.2, 0.25) is 0 Å². The smallest absolute Gasteiger partial charge is 0.415 e. The molecular weight excluding hydrogens is 177 g/mol. The van der Waals surface area contributed by atoms with Gasteiger partial charge in [0, 0.05) is 6.20 Å². The molecule has 0 spiro atoms. The normalized spacial score (nSPS) is 16.1. The first-order valence-corrected chi connectivity index (χ1v) is 3.70. The van der Waals surface area contributed by atoms with E-state index in [1.165, 1.54) is 17.2 Å². The minimum Gasteiger partial charge on any atom is -0.447 e. The molecular formula is C7H6FN3O2. The molecule has 0 N–H and O–H groups in total. The summed E-state index contributed by atoms with van der Waals surface area (Å²) >= 11 is 0. The van der Waals surface area contributed by atoms with E-state index >= 15 is 0 Å². The quantitative estimate of drug-likeness (QED) is 0.597. The minimum absolute atomic E-state index is 0.231. The van der Waals surface area contributed by atoms with E-state index in [0.717, 1.165) is 0 Å². The molecule has 2 heterocycles. The zero-order chi connectivity index (χ0) is 9.26. The van der Waals surface area contributed by atoms with Crippen LogP contribution in [0.1, 0.15) is 0 Å². The first-order chi connectivity index (χ1) is 6.27. The molecule has 1 aliphatic rings. The molecule has 1 aromatic rings. The molecule has 68 valence electrons. The van der Waals surface area contributed by atoms with E-state index in [9.17, 15) is 9.18 Å². The molecule has 1 amide bonds. The molecule has 1 fully saturated rings. The van der Waals surface area contributed by atoms with Crippen molar-refractivity contribution in [1.82, 2.24) is 9.97 Å². The highest BCUT2D eigenvalue weighted by Crippen LogP contribution is 2.14. The number of nitrogens with zero attached hydrogens (tertiary/aromatic N) is 3. The van der Waals surface area contributed by atoms with E-state index in [-0.39, 0.29) is 5.82 Å². The van der Waals surface area contributed by atoms with Crippen LogP contribution < -0.4 is 4.90 Å². The number of anilines is 1. The molecule has 0 aliphatic carbocycles. The number of amides is 1. The summed E-state index contributed by atoms with van der Waals surface area (Å²) in [6.07, 6.45) is -0.0983. The lowest BCUT2D eigenvalue weighted by atomic mass is 10.5. The maximum Gasteiger partial charge on any atom is 0.415 e. The van der Waals surface area contributed by atoms with Crippen LogP contribution in [0.2, 0.25) is 0 Å². The zero-order valence-corrected chi connectivity index (χ0v) is 6.61. The topological polar surface area (TPSA) is 55.3 Å². The van der Waals surface area contributed by atoms with Crippen LogP contribution in [0.25, 0.3) is 0 Å². The predicted octanol–water partition coefficient (Wildman–Crippen LogP) is 0.572. The Morgan fingerprint density at radius 2 is 2.46 bits per heavy atom. The number of ether oxygens (including phenoxy) is 1. The molecule has 1 saturated heterocycles. The van der Waals surface area contributed by atoms with Gasteiger partial charge >= 0.3 is 12.2 Å². The van der Waals surface area contributed by atoms with Gasteiger partial charge in [-0.15, -0.1) is 0 Å². The van der Waals surface area contributed by atoms with Crippen molar-refractivity contribution in [3.8, 4) is 0 Å². The van der Waals surface area contributed by atoms with Crippen molar-refractivity contribution >= 4 is 11.9 Å². The summed E-state index contributed by atoms with van der Waals surface area (Å²) in [5.41, 5.74) is 0. The van der Waals surface area contributed by atoms with Crippen molar-refractivity contribution < 1.29 is 13.9 Å². The SMILES string of the molecule is O=C1OCCN1c1ccnc(F)n1. The third kappa shape index (κ3) is 1.42. The van der Waals surface area contributed by atoms with Crippen LogP contribution >= 0.6 is 0 Å². The standard InChI is InChI=1S/C7H6FN3O2/c8-6-9-2-1-5(10-6)11-3-4-13-7(11)12/h1-2H,3-4H2. The summed E-state index contributed by atoms with van der Waals surface area (Å²) in [7, 11) is 0. The molecule has 0 atom stereocenters. The van der Waals surface area contributed by atoms with Crippen molar-refractivity contribution in [3.63, 3.8) is 0 Å². The second-order valence-corrected chi connectivity index (χ2v) is 2.45. The zero-order valence-electron chi connectivity index (χ0n) is 6.61. The van der Waals surface area contributed by atoms with Crippen molar-refractivity contribution in [2.75, 3.05) is 18.1 Å². The first-order valence-electron chi connectivity index (χ1n) is 3.70. The molecule has 13 heavy (non-hydrogen) atoms. The molecule has 2 rings (SSSR count). The highest BCUT2D eigenvalue weighted by Gasteiger charge is 2.24. The molecule has 0 radical (unpaired) electrons. The first kappa shape index (κ1) is 7.90. The summed E-state index contributed by atoms with van der Waals surface area (Å²) in [5, 5.41) is 0. The van der Waals surface area contributed by atoms with Crippen LogP contribution in [0.15, 0.2) is 12.3 Å². The van der Waals surface area contributed by atoms with Gasteiger partial charge < -0.3 is 4.74 Å². The molecule has 0 saturated carbocycles. The fourth-order valence-electron chi connectivity index (χ4n) is 1.08. The Morgan fingerprint density at radius 1 is 1.62 bits per heavy atom. The Morgan fingerprint density at radius 3 is 3.08 bits per heavy atom. The largest absolute Gasteiger partial charge is 0.447 e. The molecule has 0 unspecified atom stereocenters. The van der Waals surface area contributed by atoms with Crippen molar-refractivity contribution in [3.05, 3.63) is 18.3 Å². The van der Waals surface area contributed by atoms with E-state index in [4.69, 9.17) is 0 Å². The van der Waals surface area contributed by atoms with E-state index in [1.54, 1.807) is 0 Å². The van der Waals surface area contributed by atoms with E-state index in [2.05, 4.69) is 14.7 Å².